The maximum atomic E-state index is 6.51. The van der Waals surface area contributed by atoms with E-state index in [2.05, 4.69) is 42.3 Å². The lowest BCUT2D eigenvalue weighted by Gasteiger charge is -2.31. The highest BCUT2D eigenvalue weighted by Crippen LogP contribution is 2.33. The van der Waals surface area contributed by atoms with E-state index in [4.69, 9.17) is 14.2 Å². The van der Waals surface area contributed by atoms with Crippen LogP contribution in [0.1, 0.15) is 32.6 Å². The van der Waals surface area contributed by atoms with E-state index in [-0.39, 0.29) is 6.10 Å². The second-order valence-corrected chi connectivity index (χ2v) is 8.38. The standard InChI is InChI=1S/C24H30N6O3/c1-2-32-23-16-27-22(15-28-23)29-17-3-5-19(6-4-17)33-21-14-18(30-9-11-31-12-10-30)13-20-24(21)26-8-7-25-20/h7-8,13-17,19H,2-6,9-12H2,1H3,(H,27,29)/t17-,19+. The van der Waals surface area contributed by atoms with Gasteiger partial charge in [-0.05, 0) is 38.7 Å². The third kappa shape index (κ3) is 5.24. The normalized spacial score (nSPS) is 21.1. The van der Waals surface area contributed by atoms with Crippen LogP contribution in [0.3, 0.4) is 0 Å². The van der Waals surface area contributed by atoms with Gasteiger partial charge in [-0.25, -0.2) is 15.0 Å². The molecule has 2 fully saturated rings. The number of morpholine rings is 1. The zero-order chi connectivity index (χ0) is 22.5. The molecule has 1 aliphatic heterocycles. The Kier molecular flexibility index (Phi) is 6.66. The molecule has 174 valence electrons. The van der Waals surface area contributed by atoms with Crippen molar-refractivity contribution >= 4 is 22.5 Å². The van der Waals surface area contributed by atoms with Gasteiger partial charge >= 0.3 is 0 Å². The third-order valence-electron chi connectivity index (χ3n) is 6.14. The van der Waals surface area contributed by atoms with Crippen molar-refractivity contribution in [2.75, 3.05) is 43.1 Å². The SMILES string of the molecule is CCOc1cnc(N[C@H]2CC[C@@H](Oc3cc(N4CCOCC4)cc4nccnc34)CC2)cn1. The summed E-state index contributed by atoms with van der Waals surface area (Å²) in [6.45, 7) is 5.74. The van der Waals surface area contributed by atoms with Crippen LogP contribution in [0.4, 0.5) is 11.5 Å². The van der Waals surface area contributed by atoms with Crippen molar-refractivity contribution < 1.29 is 14.2 Å². The Morgan fingerprint density at radius 2 is 1.82 bits per heavy atom. The van der Waals surface area contributed by atoms with E-state index in [0.717, 1.165) is 80.3 Å². The Bertz CT molecular complexity index is 1050. The van der Waals surface area contributed by atoms with Gasteiger partial charge in [-0.2, -0.15) is 0 Å². The molecule has 2 aliphatic rings. The number of nitrogens with one attached hydrogen (secondary N) is 1. The highest BCUT2D eigenvalue weighted by Gasteiger charge is 2.24. The third-order valence-corrected chi connectivity index (χ3v) is 6.14. The first-order chi connectivity index (χ1) is 16.3. The first kappa shape index (κ1) is 21.6. The van der Waals surface area contributed by atoms with Gasteiger partial charge in [-0.1, -0.05) is 0 Å². The number of anilines is 2. The molecule has 0 spiro atoms. The fourth-order valence-electron chi connectivity index (χ4n) is 4.45. The quantitative estimate of drug-likeness (QED) is 0.581. The van der Waals surface area contributed by atoms with Gasteiger partial charge in [0.1, 0.15) is 17.1 Å². The van der Waals surface area contributed by atoms with E-state index in [1.807, 2.05) is 6.92 Å². The second kappa shape index (κ2) is 10.2. The van der Waals surface area contributed by atoms with Gasteiger partial charge in [0.25, 0.3) is 0 Å². The molecule has 3 aromatic rings. The molecule has 0 unspecified atom stereocenters. The zero-order valence-electron chi connectivity index (χ0n) is 18.9. The van der Waals surface area contributed by atoms with Crippen LogP contribution in [0.5, 0.6) is 11.6 Å². The molecule has 5 rings (SSSR count). The van der Waals surface area contributed by atoms with Crippen molar-refractivity contribution in [3.8, 4) is 11.6 Å². The average Bonchev–Trinajstić information content (AvgIpc) is 2.87. The number of fused-ring (bicyclic) bond motifs is 1. The van der Waals surface area contributed by atoms with E-state index in [1.54, 1.807) is 24.8 Å². The highest BCUT2D eigenvalue weighted by atomic mass is 16.5. The number of rotatable bonds is 7. The molecule has 0 atom stereocenters. The Balaban J connectivity index is 1.23. The summed E-state index contributed by atoms with van der Waals surface area (Å²) in [5.41, 5.74) is 2.80. The molecule has 1 saturated carbocycles. The molecule has 2 aromatic heterocycles. The van der Waals surface area contributed by atoms with Crippen molar-refractivity contribution in [2.24, 2.45) is 0 Å². The van der Waals surface area contributed by atoms with E-state index in [1.165, 1.54) is 0 Å². The molecule has 3 heterocycles. The fraction of sp³-hybridized carbons (Fsp3) is 0.500. The van der Waals surface area contributed by atoms with E-state index in [9.17, 15) is 0 Å². The molecule has 1 aromatic carbocycles. The number of aromatic nitrogens is 4. The molecule has 0 amide bonds. The summed E-state index contributed by atoms with van der Waals surface area (Å²) in [4.78, 5) is 20.1. The summed E-state index contributed by atoms with van der Waals surface area (Å²) in [7, 11) is 0. The second-order valence-electron chi connectivity index (χ2n) is 8.38. The van der Waals surface area contributed by atoms with Crippen LogP contribution in [0.15, 0.2) is 36.9 Å². The summed E-state index contributed by atoms with van der Waals surface area (Å²) >= 11 is 0. The minimum Gasteiger partial charge on any atom is -0.488 e. The van der Waals surface area contributed by atoms with Crippen molar-refractivity contribution in [3.05, 3.63) is 36.9 Å². The van der Waals surface area contributed by atoms with E-state index in [0.29, 0.717) is 18.5 Å². The first-order valence-corrected chi connectivity index (χ1v) is 11.7. The maximum absolute atomic E-state index is 6.51. The largest absolute Gasteiger partial charge is 0.488 e. The molecular weight excluding hydrogens is 420 g/mol. The molecule has 1 aliphatic carbocycles. The van der Waals surface area contributed by atoms with Gasteiger partial charge in [0.05, 0.1) is 43.8 Å². The summed E-state index contributed by atoms with van der Waals surface area (Å²) in [5, 5.41) is 3.49. The summed E-state index contributed by atoms with van der Waals surface area (Å²) in [6, 6.07) is 4.56. The predicted octanol–water partition coefficient (Wildman–Crippen LogP) is 3.46. The van der Waals surface area contributed by atoms with Crippen LogP contribution in [0.25, 0.3) is 11.0 Å². The topological polar surface area (TPSA) is 94.5 Å². The zero-order valence-corrected chi connectivity index (χ0v) is 18.9. The van der Waals surface area contributed by atoms with E-state index < -0.39 is 0 Å². The molecule has 9 nitrogen and oxygen atoms in total. The average molecular weight is 451 g/mol. The Labute approximate surface area is 193 Å². The number of nitrogens with zero attached hydrogens (tertiary/aromatic N) is 5. The summed E-state index contributed by atoms with van der Waals surface area (Å²) < 4.78 is 17.4. The fourth-order valence-corrected chi connectivity index (χ4v) is 4.45. The lowest BCUT2D eigenvalue weighted by molar-refractivity contribution is 0.122. The van der Waals surface area contributed by atoms with Gasteiger partial charge in [0.15, 0.2) is 0 Å². The Morgan fingerprint density at radius 1 is 1.00 bits per heavy atom. The number of benzene rings is 1. The van der Waals surface area contributed by atoms with Gasteiger partial charge in [0.2, 0.25) is 5.88 Å². The molecular formula is C24H30N6O3. The Hall–Kier alpha value is -3.20. The van der Waals surface area contributed by atoms with Crippen LogP contribution in [0, 0.1) is 0 Å². The van der Waals surface area contributed by atoms with Gasteiger partial charge in [-0.3, -0.25) is 4.98 Å². The van der Waals surface area contributed by atoms with Crippen LogP contribution in [-0.2, 0) is 4.74 Å². The van der Waals surface area contributed by atoms with Gasteiger partial charge in [0, 0.05) is 43.3 Å². The predicted molar refractivity (Wildman–Crippen MR) is 126 cm³/mol. The van der Waals surface area contributed by atoms with Gasteiger partial charge in [-0.15, -0.1) is 0 Å². The number of hydrogen-bond acceptors (Lipinski definition) is 9. The van der Waals surface area contributed by atoms with Crippen LogP contribution in [-0.4, -0.2) is 65.0 Å². The number of ether oxygens (including phenoxy) is 3. The smallest absolute Gasteiger partial charge is 0.232 e. The van der Waals surface area contributed by atoms with Crippen molar-refractivity contribution in [1.29, 1.82) is 0 Å². The van der Waals surface area contributed by atoms with Crippen molar-refractivity contribution in [3.63, 3.8) is 0 Å². The molecule has 1 saturated heterocycles. The van der Waals surface area contributed by atoms with Crippen molar-refractivity contribution in [2.45, 2.75) is 44.8 Å². The molecule has 0 bridgehead atoms. The first-order valence-electron chi connectivity index (χ1n) is 11.7. The maximum Gasteiger partial charge on any atom is 0.232 e. The summed E-state index contributed by atoms with van der Waals surface area (Å²) in [5.74, 6) is 2.15. The minimum absolute atomic E-state index is 0.152. The van der Waals surface area contributed by atoms with E-state index >= 15 is 0 Å². The molecule has 0 radical (unpaired) electrons. The Morgan fingerprint density at radius 3 is 2.58 bits per heavy atom. The molecule has 9 heteroatoms. The van der Waals surface area contributed by atoms with Crippen LogP contribution >= 0.6 is 0 Å². The van der Waals surface area contributed by atoms with Crippen molar-refractivity contribution in [1.82, 2.24) is 19.9 Å². The van der Waals surface area contributed by atoms with Crippen LogP contribution < -0.4 is 19.7 Å². The molecule has 1 N–H and O–H groups in total. The summed E-state index contributed by atoms with van der Waals surface area (Å²) in [6.07, 6.45) is 10.9. The monoisotopic (exact) mass is 450 g/mol. The van der Waals surface area contributed by atoms with Gasteiger partial charge < -0.3 is 24.4 Å². The lowest BCUT2D eigenvalue weighted by atomic mass is 9.93. The number of hydrogen-bond donors (Lipinski definition) is 1. The lowest BCUT2D eigenvalue weighted by Crippen LogP contribution is -2.36. The van der Waals surface area contributed by atoms with Crippen LogP contribution in [0.2, 0.25) is 0 Å². The minimum atomic E-state index is 0.152. The molecule has 33 heavy (non-hydrogen) atoms. The highest BCUT2D eigenvalue weighted by molar-refractivity contribution is 5.85.